The second-order valence-corrected chi connectivity index (χ2v) is 6.63. The van der Waals surface area contributed by atoms with E-state index in [4.69, 9.17) is 9.26 Å². The van der Waals surface area contributed by atoms with Crippen molar-refractivity contribution in [2.24, 2.45) is 11.8 Å². The summed E-state index contributed by atoms with van der Waals surface area (Å²) < 4.78 is 10.5. The first-order valence-electron chi connectivity index (χ1n) is 8.46. The number of benzene rings is 1. The molecule has 8 heteroatoms. The fourth-order valence-electron chi connectivity index (χ4n) is 3.15. The Bertz CT molecular complexity index is 804. The molecular formula is C18H21N3O5. The molecule has 0 bridgehead atoms. The SMILES string of the molecule is Cc1nc(COc2cccc(C(=O)N3CC(C)CC(C(=O)O)C3)c2)no1. The van der Waals surface area contributed by atoms with E-state index in [1.807, 2.05) is 6.92 Å². The lowest BCUT2D eigenvalue weighted by atomic mass is 9.90. The Labute approximate surface area is 150 Å². The van der Waals surface area contributed by atoms with E-state index in [-0.39, 0.29) is 25.0 Å². The van der Waals surface area contributed by atoms with Gasteiger partial charge in [-0.1, -0.05) is 18.1 Å². The van der Waals surface area contributed by atoms with Gasteiger partial charge in [0.2, 0.25) is 11.7 Å². The maximum Gasteiger partial charge on any atom is 0.308 e. The zero-order valence-electron chi connectivity index (χ0n) is 14.7. The van der Waals surface area contributed by atoms with E-state index < -0.39 is 11.9 Å². The van der Waals surface area contributed by atoms with Crippen LogP contribution in [0.25, 0.3) is 0 Å². The molecule has 1 aromatic carbocycles. The first kappa shape index (κ1) is 17.9. The molecule has 138 valence electrons. The predicted molar refractivity (Wildman–Crippen MR) is 90.6 cm³/mol. The molecule has 2 aromatic rings. The molecule has 0 spiro atoms. The number of amides is 1. The van der Waals surface area contributed by atoms with Gasteiger partial charge >= 0.3 is 5.97 Å². The van der Waals surface area contributed by atoms with E-state index in [1.165, 1.54) is 0 Å². The summed E-state index contributed by atoms with van der Waals surface area (Å²) in [6, 6.07) is 6.81. The number of ether oxygens (including phenoxy) is 1. The molecule has 1 saturated heterocycles. The van der Waals surface area contributed by atoms with Crippen molar-refractivity contribution in [1.82, 2.24) is 15.0 Å². The maximum atomic E-state index is 12.8. The van der Waals surface area contributed by atoms with Crippen molar-refractivity contribution in [3.8, 4) is 5.75 Å². The van der Waals surface area contributed by atoms with Crippen LogP contribution in [-0.2, 0) is 11.4 Å². The van der Waals surface area contributed by atoms with Crippen molar-refractivity contribution < 1.29 is 24.0 Å². The third-order valence-corrected chi connectivity index (χ3v) is 4.31. The average Bonchev–Trinajstić information content (AvgIpc) is 3.04. The van der Waals surface area contributed by atoms with Gasteiger partial charge in [-0.2, -0.15) is 4.98 Å². The largest absolute Gasteiger partial charge is 0.485 e. The summed E-state index contributed by atoms with van der Waals surface area (Å²) in [5.74, 6) is -0.0323. The molecule has 0 aliphatic carbocycles. The summed E-state index contributed by atoms with van der Waals surface area (Å²) in [6.07, 6.45) is 0.590. The lowest BCUT2D eigenvalue weighted by molar-refractivity contribution is -0.143. The van der Waals surface area contributed by atoms with Crippen LogP contribution in [0.2, 0.25) is 0 Å². The summed E-state index contributed by atoms with van der Waals surface area (Å²) in [7, 11) is 0. The van der Waals surface area contributed by atoms with Gasteiger partial charge in [0, 0.05) is 25.6 Å². The Hall–Kier alpha value is -2.90. The van der Waals surface area contributed by atoms with Crippen LogP contribution in [0.4, 0.5) is 0 Å². The summed E-state index contributed by atoms with van der Waals surface area (Å²) >= 11 is 0. The normalized spacial score (nSPS) is 20.0. The topological polar surface area (TPSA) is 106 Å². The Balaban J connectivity index is 1.68. The highest BCUT2D eigenvalue weighted by Crippen LogP contribution is 2.24. The number of rotatable bonds is 5. The van der Waals surface area contributed by atoms with Crippen LogP contribution in [-0.4, -0.2) is 45.1 Å². The van der Waals surface area contributed by atoms with E-state index in [0.29, 0.717) is 36.0 Å². The van der Waals surface area contributed by atoms with Gasteiger partial charge in [-0.25, -0.2) is 0 Å². The van der Waals surface area contributed by atoms with Crippen molar-refractivity contribution in [2.45, 2.75) is 26.9 Å². The number of aromatic nitrogens is 2. The number of nitrogens with zero attached hydrogens (tertiary/aromatic N) is 3. The van der Waals surface area contributed by atoms with Crippen LogP contribution in [0.3, 0.4) is 0 Å². The Morgan fingerprint density at radius 3 is 2.88 bits per heavy atom. The van der Waals surface area contributed by atoms with Crippen molar-refractivity contribution in [1.29, 1.82) is 0 Å². The minimum Gasteiger partial charge on any atom is -0.485 e. The van der Waals surface area contributed by atoms with E-state index in [9.17, 15) is 14.7 Å². The maximum absolute atomic E-state index is 12.8. The van der Waals surface area contributed by atoms with Crippen molar-refractivity contribution in [3.63, 3.8) is 0 Å². The highest BCUT2D eigenvalue weighted by molar-refractivity contribution is 5.95. The van der Waals surface area contributed by atoms with Gasteiger partial charge in [-0.05, 0) is 30.5 Å². The van der Waals surface area contributed by atoms with Crippen molar-refractivity contribution in [2.75, 3.05) is 13.1 Å². The molecule has 2 heterocycles. The average molecular weight is 359 g/mol. The van der Waals surface area contributed by atoms with Gasteiger partial charge in [0.1, 0.15) is 5.75 Å². The molecule has 1 fully saturated rings. The lowest BCUT2D eigenvalue weighted by Crippen LogP contribution is -2.45. The van der Waals surface area contributed by atoms with Crippen LogP contribution in [0, 0.1) is 18.8 Å². The van der Waals surface area contributed by atoms with E-state index in [1.54, 1.807) is 36.1 Å². The van der Waals surface area contributed by atoms with Crippen LogP contribution in [0.1, 0.15) is 35.4 Å². The molecule has 1 amide bonds. The number of piperidine rings is 1. The molecule has 1 aliphatic rings. The zero-order valence-corrected chi connectivity index (χ0v) is 14.7. The third-order valence-electron chi connectivity index (χ3n) is 4.31. The van der Waals surface area contributed by atoms with Gasteiger partial charge in [-0.15, -0.1) is 0 Å². The molecule has 3 rings (SSSR count). The van der Waals surface area contributed by atoms with Crippen LogP contribution >= 0.6 is 0 Å². The molecule has 0 radical (unpaired) electrons. The Kier molecular flexibility index (Phi) is 5.20. The number of likely N-dealkylation sites (tertiary alicyclic amines) is 1. The summed E-state index contributed by atoms with van der Waals surface area (Å²) in [4.78, 5) is 29.7. The number of aliphatic carboxylic acids is 1. The fraction of sp³-hybridized carbons (Fsp3) is 0.444. The number of carboxylic acid groups (broad SMARTS) is 1. The number of carbonyl (C=O) groups is 2. The highest BCUT2D eigenvalue weighted by Gasteiger charge is 2.32. The molecule has 1 aromatic heterocycles. The van der Waals surface area contributed by atoms with E-state index in [0.717, 1.165) is 0 Å². The van der Waals surface area contributed by atoms with E-state index >= 15 is 0 Å². The minimum absolute atomic E-state index is 0.136. The molecule has 2 atom stereocenters. The number of aryl methyl sites for hydroxylation is 1. The van der Waals surface area contributed by atoms with Crippen molar-refractivity contribution in [3.05, 3.63) is 41.5 Å². The van der Waals surface area contributed by atoms with Gasteiger partial charge in [0.05, 0.1) is 5.92 Å². The predicted octanol–water partition coefficient (Wildman–Crippen LogP) is 2.14. The van der Waals surface area contributed by atoms with E-state index in [2.05, 4.69) is 10.1 Å². The quantitative estimate of drug-likeness (QED) is 0.872. The first-order valence-corrected chi connectivity index (χ1v) is 8.46. The standard InChI is InChI=1S/C18H21N3O5/c1-11-6-14(18(23)24)9-21(8-11)17(22)13-4-3-5-15(7-13)25-10-16-19-12(2)26-20-16/h3-5,7,11,14H,6,8-10H2,1-2H3,(H,23,24). The first-order chi connectivity index (χ1) is 12.4. The van der Waals surface area contributed by atoms with Gasteiger partial charge in [0.15, 0.2) is 6.61 Å². The smallest absolute Gasteiger partial charge is 0.308 e. The van der Waals surface area contributed by atoms with Gasteiger partial charge < -0.3 is 19.3 Å². The summed E-state index contributed by atoms with van der Waals surface area (Å²) in [5.41, 5.74) is 0.463. The van der Waals surface area contributed by atoms with Crippen LogP contribution < -0.4 is 4.74 Å². The fourth-order valence-corrected chi connectivity index (χ4v) is 3.15. The van der Waals surface area contributed by atoms with Crippen molar-refractivity contribution >= 4 is 11.9 Å². The Morgan fingerprint density at radius 1 is 1.38 bits per heavy atom. The number of hydrogen-bond acceptors (Lipinski definition) is 6. The number of hydrogen-bond donors (Lipinski definition) is 1. The van der Waals surface area contributed by atoms with Gasteiger partial charge in [-0.3, -0.25) is 9.59 Å². The molecule has 1 N–H and O–H groups in total. The summed E-state index contributed by atoms with van der Waals surface area (Å²) in [5, 5.41) is 13.0. The molecule has 26 heavy (non-hydrogen) atoms. The Morgan fingerprint density at radius 2 is 2.19 bits per heavy atom. The molecule has 8 nitrogen and oxygen atoms in total. The lowest BCUT2D eigenvalue weighted by Gasteiger charge is -2.34. The number of carboxylic acids is 1. The number of carbonyl (C=O) groups excluding carboxylic acids is 1. The van der Waals surface area contributed by atoms with Crippen LogP contribution in [0.15, 0.2) is 28.8 Å². The van der Waals surface area contributed by atoms with Crippen LogP contribution in [0.5, 0.6) is 5.75 Å². The monoisotopic (exact) mass is 359 g/mol. The molecule has 1 aliphatic heterocycles. The van der Waals surface area contributed by atoms with Gasteiger partial charge in [0.25, 0.3) is 5.91 Å². The second kappa shape index (κ2) is 7.55. The molecule has 0 saturated carbocycles. The minimum atomic E-state index is -0.859. The zero-order chi connectivity index (χ0) is 18.7. The molecule has 2 unspecified atom stereocenters. The molecular weight excluding hydrogens is 338 g/mol. The summed E-state index contributed by atoms with van der Waals surface area (Å²) in [6.45, 7) is 4.57. The second-order valence-electron chi connectivity index (χ2n) is 6.63. The highest BCUT2D eigenvalue weighted by atomic mass is 16.5. The third kappa shape index (κ3) is 4.19.